The largest absolute Gasteiger partial charge is 0.351 e. The minimum atomic E-state index is -0.148. The number of hydrogen-bond donors (Lipinski definition) is 1. The lowest BCUT2D eigenvalue weighted by Crippen LogP contribution is -2.34. The highest BCUT2D eigenvalue weighted by Crippen LogP contribution is 2.07. The minimum absolute atomic E-state index is 0.145. The first-order valence-corrected chi connectivity index (χ1v) is 8.03. The number of carbonyl (C=O) groups is 1. The molecule has 1 aromatic carbocycles. The van der Waals surface area contributed by atoms with E-state index in [4.69, 9.17) is 0 Å². The lowest BCUT2D eigenvalue weighted by Gasteiger charge is -2.15. The van der Waals surface area contributed by atoms with Crippen molar-refractivity contribution in [2.75, 3.05) is 26.2 Å². The molecular formula is C18H21N3O2. The van der Waals surface area contributed by atoms with Gasteiger partial charge in [-0.2, -0.15) is 0 Å². The summed E-state index contributed by atoms with van der Waals surface area (Å²) in [5, 5.41) is 2.93. The molecule has 1 aliphatic rings. The minimum Gasteiger partial charge on any atom is -0.351 e. The van der Waals surface area contributed by atoms with Crippen LogP contribution in [0.2, 0.25) is 0 Å². The number of likely N-dealkylation sites (tertiary alicyclic amines) is 1. The van der Waals surface area contributed by atoms with Crippen molar-refractivity contribution in [3.05, 3.63) is 64.6 Å². The molecule has 120 valence electrons. The molecule has 0 saturated carbocycles. The summed E-state index contributed by atoms with van der Waals surface area (Å²) in [6.45, 7) is 3.75. The van der Waals surface area contributed by atoms with Crippen LogP contribution in [0.1, 0.15) is 23.2 Å². The van der Waals surface area contributed by atoms with Gasteiger partial charge in [-0.1, -0.05) is 18.2 Å². The van der Waals surface area contributed by atoms with Crippen molar-refractivity contribution in [1.29, 1.82) is 0 Å². The van der Waals surface area contributed by atoms with Crippen LogP contribution in [0.3, 0.4) is 0 Å². The third-order valence-electron chi connectivity index (χ3n) is 4.12. The maximum Gasteiger partial charge on any atom is 0.255 e. The Hall–Kier alpha value is -2.40. The van der Waals surface area contributed by atoms with E-state index in [1.54, 1.807) is 12.3 Å². The zero-order valence-electron chi connectivity index (χ0n) is 13.1. The van der Waals surface area contributed by atoms with Gasteiger partial charge in [-0.15, -0.1) is 0 Å². The van der Waals surface area contributed by atoms with Crippen LogP contribution in [0.15, 0.2) is 53.5 Å². The molecule has 1 fully saturated rings. The van der Waals surface area contributed by atoms with Crippen molar-refractivity contribution in [1.82, 2.24) is 14.8 Å². The van der Waals surface area contributed by atoms with Crippen LogP contribution in [-0.4, -0.2) is 41.6 Å². The average molecular weight is 311 g/mol. The summed E-state index contributed by atoms with van der Waals surface area (Å²) in [4.78, 5) is 26.6. The molecule has 0 radical (unpaired) electrons. The molecule has 0 aliphatic carbocycles. The molecule has 2 heterocycles. The first-order valence-electron chi connectivity index (χ1n) is 8.03. The van der Waals surface area contributed by atoms with E-state index in [0.717, 1.165) is 25.3 Å². The predicted octanol–water partition coefficient (Wildman–Crippen LogP) is 1.66. The zero-order valence-corrected chi connectivity index (χ0v) is 13.1. The molecule has 1 aromatic heterocycles. The zero-order chi connectivity index (χ0) is 16.1. The fourth-order valence-corrected chi connectivity index (χ4v) is 2.85. The van der Waals surface area contributed by atoms with Crippen molar-refractivity contribution in [2.24, 2.45) is 0 Å². The molecule has 0 bridgehead atoms. The molecule has 0 atom stereocenters. The second kappa shape index (κ2) is 7.24. The van der Waals surface area contributed by atoms with Gasteiger partial charge in [0.1, 0.15) is 0 Å². The number of rotatable bonds is 5. The number of amides is 1. The van der Waals surface area contributed by atoms with Crippen LogP contribution in [0.4, 0.5) is 0 Å². The normalized spacial score (nSPS) is 14.8. The molecule has 1 amide bonds. The van der Waals surface area contributed by atoms with E-state index < -0.39 is 0 Å². The van der Waals surface area contributed by atoms with Crippen molar-refractivity contribution in [3.8, 4) is 5.69 Å². The van der Waals surface area contributed by atoms with Crippen LogP contribution >= 0.6 is 0 Å². The highest BCUT2D eigenvalue weighted by molar-refractivity contribution is 5.93. The van der Waals surface area contributed by atoms with E-state index in [1.807, 2.05) is 30.3 Å². The Kier molecular flexibility index (Phi) is 4.88. The van der Waals surface area contributed by atoms with Crippen LogP contribution in [0.5, 0.6) is 0 Å². The number of aromatic nitrogens is 1. The van der Waals surface area contributed by atoms with Gasteiger partial charge in [-0.25, -0.2) is 0 Å². The van der Waals surface area contributed by atoms with E-state index in [2.05, 4.69) is 10.2 Å². The quantitative estimate of drug-likeness (QED) is 0.914. The maximum absolute atomic E-state index is 12.3. The average Bonchev–Trinajstić information content (AvgIpc) is 3.09. The van der Waals surface area contributed by atoms with E-state index >= 15 is 0 Å². The Labute approximate surface area is 135 Å². The molecule has 1 N–H and O–H groups in total. The lowest BCUT2D eigenvalue weighted by atomic mass is 10.2. The summed E-state index contributed by atoms with van der Waals surface area (Å²) in [7, 11) is 0. The SMILES string of the molecule is O=C(NCCN1CCCC1)c1ccc(=O)n(-c2ccccc2)c1. The number of benzene rings is 1. The first kappa shape index (κ1) is 15.5. The molecular weight excluding hydrogens is 290 g/mol. The summed E-state index contributed by atoms with van der Waals surface area (Å²) in [6, 6.07) is 12.3. The molecule has 2 aromatic rings. The Morgan fingerprint density at radius 1 is 1.04 bits per heavy atom. The highest BCUT2D eigenvalue weighted by atomic mass is 16.2. The fourth-order valence-electron chi connectivity index (χ4n) is 2.85. The number of carbonyl (C=O) groups excluding carboxylic acids is 1. The predicted molar refractivity (Wildman–Crippen MR) is 90.0 cm³/mol. The van der Waals surface area contributed by atoms with Crippen LogP contribution in [-0.2, 0) is 0 Å². The van der Waals surface area contributed by atoms with E-state index in [1.165, 1.54) is 23.5 Å². The highest BCUT2D eigenvalue weighted by Gasteiger charge is 2.12. The topological polar surface area (TPSA) is 54.3 Å². The van der Waals surface area contributed by atoms with E-state index in [0.29, 0.717) is 12.1 Å². The number of nitrogens with one attached hydrogen (secondary N) is 1. The molecule has 1 aliphatic heterocycles. The second-order valence-electron chi connectivity index (χ2n) is 5.77. The molecule has 5 nitrogen and oxygen atoms in total. The van der Waals surface area contributed by atoms with Gasteiger partial charge < -0.3 is 10.2 Å². The Morgan fingerprint density at radius 3 is 2.52 bits per heavy atom. The molecule has 23 heavy (non-hydrogen) atoms. The van der Waals surface area contributed by atoms with Gasteiger partial charge in [0.2, 0.25) is 0 Å². The number of para-hydroxylation sites is 1. The number of pyridine rings is 1. The third kappa shape index (κ3) is 3.87. The number of nitrogens with zero attached hydrogens (tertiary/aromatic N) is 2. The first-order chi connectivity index (χ1) is 11.2. The summed E-state index contributed by atoms with van der Waals surface area (Å²) in [5.41, 5.74) is 1.10. The molecule has 5 heteroatoms. The van der Waals surface area contributed by atoms with Crippen LogP contribution < -0.4 is 10.9 Å². The smallest absolute Gasteiger partial charge is 0.255 e. The van der Waals surface area contributed by atoms with Crippen molar-refractivity contribution < 1.29 is 4.79 Å². The lowest BCUT2D eigenvalue weighted by molar-refractivity contribution is 0.0949. The Bertz CT molecular complexity index is 719. The van der Waals surface area contributed by atoms with E-state index in [-0.39, 0.29) is 11.5 Å². The number of hydrogen-bond acceptors (Lipinski definition) is 3. The van der Waals surface area contributed by atoms with Gasteiger partial charge in [0.15, 0.2) is 0 Å². The Morgan fingerprint density at radius 2 is 1.78 bits per heavy atom. The van der Waals surface area contributed by atoms with Gasteiger partial charge in [-0.05, 0) is 44.1 Å². The van der Waals surface area contributed by atoms with Crippen molar-refractivity contribution in [3.63, 3.8) is 0 Å². The van der Waals surface area contributed by atoms with Gasteiger partial charge in [0.25, 0.3) is 11.5 Å². The summed E-state index contributed by atoms with van der Waals surface area (Å²) < 4.78 is 1.50. The van der Waals surface area contributed by atoms with Crippen molar-refractivity contribution >= 4 is 5.91 Å². The third-order valence-corrected chi connectivity index (χ3v) is 4.12. The molecule has 0 unspecified atom stereocenters. The van der Waals surface area contributed by atoms with Crippen LogP contribution in [0, 0.1) is 0 Å². The monoisotopic (exact) mass is 311 g/mol. The summed E-state index contributed by atoms with van der Waals surface area (Å²) >= 11 is 0. The van der Waals surface area contributed by atoms with Crippen LogP contribution in [0.25, 0.3) is 5.69 Å². The van der Waals surface area contributed by atoms with Gasteiger partial charge >= 0.3 is 0 Å². The molecule has 1 saturated heterocycles. The Balaban J connectivity index is 1.67. The second-order valence-corrected chi connectivity index (χ2v) is 5.77. The maximum atomic E-state index is 12.3. The van der Waals surface area contributed by atoms with Crippen molar-refractivity contribution in [2.45, 2.75) is 12.8 Å². The van der Waals surface area contributed by atoms with Gasteiger partial charge in [0, 0.05) is 31.0 Å². The fraction of sp³-hybridized carbons (Fsp3) is 0.333. The van der Waals surface area contributed by atoms with Gasteiger partial charge in [-0.3, -0.25) is 14.2 Å². The standard InChI is InChI=1S/C18H21N3O2/c22-17-9-8-15(14-21(17)16-6-2-1-3-7-16)18(23)19-10-13-20-11-4-5-12-20/h1-3,6-9,14H,4-5,10-13H2,(H,19,23). The summed E-state index contributed by atoms with van der Waals surface area (Å²) in [5.74, 6) is -0.145. The summed E-state index contributed by atoms with van der Waals surface area (Å²) in [6.07, 6.45) is 4.09. The van der Waals surface area contributed by atoms with Gasteiger partial charge in [0.05, 0.1) is 5.56 Å². The molecule has 3 rings (SSSR count). The molecule has 0 spiro atoms. The van der Waals surface area contributed by atoms with E-state index in [9.17, 15) is 9.59 Å².